The lowest BCUT2D eigenvalue weighted by molar-refractivity contribution is -0.136. The first-order valence-corrected chi connectivity index (χ1v) is 13.0. The number of piperidine rings is 1. The van der Waals surface area contributed by atoms with Crippen molar-refractivity contribution in [1.29, 1.82) is 0 Å². The first kappa shape index (κ1) is 24.0. The molecule has 0 aromatic heterocycles. The molecule has 4 aliphatic heterocycles. The minimum Gasteiger partial charge on any atom is -0.490 e. The number of fused-ring (bicyclic) bond motifs is 1. The predicted octanol–water partition coefficient (Wildman–Crippen LogP) is 2.71. The molecule has 1 atom stereocenters. The van der Waals surface area contributed by atoms with Crippen molar-refractivity contribution in [1.82, 2.24) is 15.5 Å². The fourth-order valence-electron chi connectivity index (χ4n) is 5.46. The number of hydrogen-bond donors (Lipinski definition) is 2. The van der Waals surface area contributed by atoms with E-state index in [0.717, 1.165) is 49.7 Å². The lowest BCUT2D eigenvalue weighted by Gasteiger charge is -2.31. The topological polar surface area (TPSA) is 97.0 Å². The van der Waals surface area contributed by atoms with E-state index in [-0.39, 0.29) is 30.2 Å². The van der Waals surface area contributed by atoms with Crippen molar-refractivity contribution < 1.29 is 23.9 Å². The van der Waals surface area contributed by atoms with Gasteiger partial charge in [0.25, 0.3) is 5.91 Å². The van der Waals surface area contributed by atoms with Gasteiger partial charge >= 0.3 is 0 Å². The highest BCUT2D eigenvalue weighted by atomic mass is 16.5. The van der Waals surface area contributed by atoms with Gasteiger partial charge in [0, 0.05) is 37.5 Å². The Bertz CT molecular complexity index is 997. The second-order valence-corrected chi connectivity index (χ2v) is 10.1. The molecule has 188 valence electrons. The van der Waals surface area contributed by atoms with Crippen LogP contribution in [0.1, 0.15) is 67.3 Å². The maximum absolute atomic E-state index is 12.6. The van der Waals surface area contributed by atoms with E-state index in [9.17, 15) is 14.4 Å². The van der Waals surface area contributed by atoms with Gasteiger partial charge in [-0.2, -0.15) is 0 Å². The van der Waals surface area contributed by atoms with Crippen LogP contribution in [0.2, 0.25) is 0 Å². The van der Waals surface area contributed by atoms with E-state index in [4.69, 9.17) is 9.47 Å². The van der Waals surface area contributed by atoms with E-state index in [0.29, 0.717) is 18.5 Å². The summed E-state index contributed by atoms with van der Waals surface area (Å²) in [6.07, 6.45) is 10.2. The van der Waals surface area contributed by atoms with Crippen LogP contribution in [0, 0.1) is 5.92 Å². The van der Waals surface area contributed by atoms with Crippen molar-refractivity contribution in [2.45, 2.75) is 70.1 Å². The van der Waals surface area contributed by atoms with Gasteiger partial charge in [-0.25, -0.2) is 0 Å². The van der Waals surface area contributed by atoms with Crippen molar-refractivity contribution in [3.8, 4) is 5.75 Å². The van der Waals surface area contributed by atoms with Crippen LogP contribution in [0.4, 0.5) is 0 Å². The standard InChI is InChI=1S/C19H22N2O4.C8H13NO/c22-17-9-8-16(18(23)20-17)21-11-12-10-14(6-7-15(12)19(21)24)25-13-4-2-1-3-5-13;1-3-10-4-2-7(1)8-5-9-6-8/h6-7,10,13,16H,1-5,8-9,11H2,(H,20,22,23);1,8-9H,2-6H2. The van der Waals surface area contributed by atoms with Crippen LogP contribution >= 0.6 is 0 Å². The van der Waals surface area contributed by atoms with Crippen LogP contribution in [0.3, 0.4) is 0 Å². The Kier molecular flexibility index (Phi) is 7.48. The van der Waals surface area contributed by atoms with Crippen LogP contribution in [0.15, 0.2) is 29.8 Å². The van der Waals surface area contributed by atoms with Crippen molar-refractivity contribution in [2.75, 3.05) is 26.3 Å². The Labute approximate surface area is 206 Å². The maximum atomic E-state index is 12.6. The van der Waals surface area contributed by atoms with Crippen molar-refractivity contribution in [3.63, 3.8) is 0 Å². The van der Waals surface area contributed by atoms with Gasteiger partial charge in [-0.05, 0) is 62.3 Å². The van der Waals surface area contributed by atoms with Crippen LogP contribution < -0.4 is 15.4 Å². The van der Waals surface area contributed by atoms with Crippen molar-refractivity contribution in [3.05, 3.63) is 41.0 Å². The fourth-order valence-corrected chi connectivity index (χ4v) is 5.46. The number of benzene rings is 1. The molecule has 1 aromatic rings. The smallest absolute Gasteiger partial charge is 0.255 e. The average molecular weight is 482 g/mol. The third-order valence-corrected chi connectivity index (χ3v) is 7.65. The van der Waals surface area contributed by atoms with Gasteiger partial charge in [-0.15, -0.1) is 0 Å². The quantitative estimate of drug-likeness (QED) is 0.507. The minimum absolute atomic E-state index is 0.145. The first-order chi connectivity index (χ1) is 17.1. The molecule has 0 bridgehead atoms. The number of carbonyl (C=O) groups excluding carboxylic acids is 3. The molecule has 1 aliphatic carbocycles. The zero-order valence-corrected chi connectivity index (χ0v) is 20.2. The van der Waals surface area contributed by atoms with Crippen molar-refractivity contribution in [2.24, 2.45) is 5.92 Å². The van der Waals surface area contributed by atoms with Gasteiger partial charge in [-0.3, -0.25) is 19.7 Å². The molecule has 0 spiro atoms. The highest BCUT2D eigenvalue weighted by Crippen LogP contribution is 2.31. The van der Waals surface area contributed by atoms with E-state index in [1.54, 1.807) is 16.5 Å². The fraction of sp³-hybridized carbons (Fsp3) is 0.593. The molecule has 3 amide bonds. The second-order valence-electron chi connectivity index (χ2n) is 10.1. The molecule has 2 N–H and O–H groups in total. The molecule has 0 radical (unpaired) electrons. The summed E-state index contributed by atoms with van der Waals surface area (Å²) in [4.78, 5) is 37.6. The molecule has 5 aliphatic rings. The van der Waals surface area contributed by atoms with Gasteiger partial charge in [-0.1, -0.05) is 18.1 Å². The van der Waals surface area contributed by atoms with Crippen LogP contribution in [-0.2, 0) is 20.9 Å². The number of hydrogen-bond acceptors (Lipinski definition) is 6. The van der Waals surface area contributed by atoms with E-state index >= 15 is 0 Å². The average Bonchev–Trinajstić information content (AvgIpc) is 3.15. The molecule has 8 nitrogen and oxygen atoms in total. The number of ether oxygens (including phenoxy) is 2. The molecular weight excluding hydrogens is 446 g/mol. The van der Waals surface area contributed by atoms with E-state index < -0.39 is 6.04 Å². The third-order valence-electron chi connectivity index (χ3n) is 7.65. The lowest BCUT2D eigenvalue weighted by atomic mass is 9.90. The highest BCUT2D eigenvalue weighted by molar-refractivity contribution is 6.05. The van der Waals surface area contributed by atoms with Gasteiger partial charge < -0.3 is 19.7 Å². The van der Waals surface area contributed by atoms with Gasteiger partial charge in [0.2, 0.25) is 11.8 Å². The van der Waals surface area contributed by atoms with Gasteiger partial charge in [0.1, 0.15) is 11.8 Å². The monoisotopic (exact) mass is 481 g/mol. The summed E-state index contributed by atoms with van der Waals surface area (Å²) in [5, 5.41) is 5.60. The zero-order valence-electron chi connectivity index (χ0n) is 20.2. The Morgan fingerprint density at radius 3 is 2.51 bits per heavy atom. The molecule has 1 aromatic carbocycles. The molecule has 1 saturated carbocycles. The van der Waals surface area contributed by atoms with Crippen LogP contribution in [0.5, 0.6) is 5.75 Å². The summed E-state index contributed by atoms with van der Waals surface area (Å²) in [5.41, 5.74) is 3.13. The summed E-state index contributed by atoms with van der Waals surface area (Å²) in [6.45, 7) is 4.54. The van der Waals surface area contributed by atoms with Crippen molar-refractivity contribution >= 4 is 17.7 Å². The Morgan fingerprint density at radius 2 is 1.83 bits per heavy atom. The van der Waals surface area contributed by atoms with Crippen LogP contribution in [0.25, 0.3) is 0 Å². The molecule has 35 heavy (non-hydrogen) atoms. The number of nitrogens with zero attached hydrogens (tertiary/aromatic N) is 1. The summed E-state index contributed by atoms with van der Waals surface area (Å²) in [6, 6.07) is 5.00. The molecular formula is C27H35N3O5. The molecule has 6 rings (SSSR count). The van der Waals surface area contributed by atoms with Gasteiger partial charge in [0.15, 0.2) is 0 Å². The number of imide groups is 1. The number of amides is 3. The summed E-state index contributed by atoms with van der Waals surface area (Å²) in [7, 11) is 0. The number of rotatable bonds is 4. The molecule has 3 fully saturated rings. The SMILES string of the molecule is C1=C(C2CNC2)CCOC1.O=C1CCC(N2Cc3cc(OC4CCCCC4)ccc3C2=O)C(=O)N1. The third kappa shape index (κ3) is 5.59. The number of nitrogens with one attached hydrogen (secondary N) is 2. The molecule has 8 heteroatoms. The predicted molar refractivity (Wildman–Crippen MR) is 130 cm³/mol. The molecule has 4 heterocycles. The highest BCUT2D eigenvalue weighted by Gasteiger charge is 2.39. The first-order valence-electron chi connectivity index (χ1n) is 13.0. The van der Waals surface area contributed by atoms with E-state index in [1.165, 1.54) is 32.4 Å². The Morgan fingerprint density at radius 1 is 1.00 bits per heavy atom. The second kappa shape index (κ2) is 10.9. The van der Waals surface area contributed by atoms with E-state index in [1.807, 2.05) is 12.1 Å². The van der Waals surface area contributed by atoms with E-state index in [2.05, 4.69) is 16.7 Å². The lowest BCUT2D eigenvalue weighted by Crippen LogP contribution is -2.52. The zero-order chi connectivity index (χ0) is 24.2. The largest absolute Gasteiger partial charge is 0.490 e. The summed E-state index contributed by atoms with van der Waals surface area (Å²) in [5.74, 6) is 0.839. The Hall–Kier alpha value is -2.71. The van der Waals surface area contributed by atoms with Gasteiger partial charge in [0.05, 0.1) is 19.3 Å². The molecule has 1 unspecified atom stereocenters. The Balaban J connectivity index is 0.000000211. The minimum atomic E-state index is -0.569. The normalized spacial score (nSPS) is 25.1. The number of carbonyl (C=O) groups is 3. The summed E-state index contributed by atoms with van der Waals surface area (Å²) < 4.78 is 11.3. The van der Waals surface area contributed by atoms with Crippen LogP contribution in [-0.4, -0.2) is 61.1 Å². The molecule has 2 saturated heterocycles. The maximum Gasteiger partial charge on any atom is 0.255 e. The summed E-state index contributed by atoms with van der Waals surface area (Å²) >= 11 is 0.